The molecule has 80 valence electrons. The van der Waals surface area contributed by atoms with Gasteiger partial charge in [0, 0.05) is 12.1 Å². The molecule has 0 aliphatic carbocycles. The van der Waals surface area contributed by atoms with Gasteiger partial charge in [0.05, 0.1) is 0 Å². The Morgan fingerprint density at radius 3 is 2.08 bits per heavy atom. The lowest BCUT2D eigenvalue weighted by molar-refractivity contribution is -0.193. The van der Waals surface area contributed by atoms with E-state index >= 15 is 0 Å². The fourth-order valence-corrected chi connectivity index (χ4v) is 2.22. The van der Waals surface area contributed by atoms with Crippen LogP contribution in [0.15, 0.2) is 0 Å². The van der Waals surface area contributed by atoms with Gasteiger partial charge in [-0.2, -0.15) is 4.67 Å². The quantitative estimate of drug-likeness (QED) is 0.329. The Labute approximate surface area is 85.7 Å². The van der Waals surface area contributed by atoms with Gasteiger partial charge in [-0.1, -0.05) is 11.6 Å². The highest BCUT2D eigenvalue weighted by atomic mass is 35.5. The topological polar surface area (TPSA) is 41.9 Å². The number of nitrogens with zero attached hydrogens (tertiary/aromatic N) is 1. The van der Waals surface area contributed by atoms with Crippen LogP contribution in [0.3, 0.4) is 0 Å². The molecule has 0 heterocycles. The maximum Gasteiger partial charge on any atom is 0.289 e. The van der Waals surface area contributed by atoms with Crippen LogP contribution < -0.4 is 0 Å². The van der Waals surface area contributed by atoms with Crippen LogP contribution in [0.2, 0.25) is 0 Å². The van der Waals surface area contributed by atoms with Gasteiger partial charge in [-0.05, 0) is 27.7 Å². The molecule has 0 aromatic rings. The minimum Gasteiger partial charge on any atom is -0.336 e. The number of alkyl halides is 1. The van der Waals surface area contributed by atoms with Crippen molar-refractivity contribution in [1.82, 2.24) is 4.67 Å². The molecule has 0 radical (unpaired) electrons. The summed E-state index contributed by atoms with van der Waals surface area (Å²) in [6, 6.07) is 0.328. The van der Waals surface area contributed by atoms with Crippen LogP contribution in [0.5, 0.6) is 0 Å². The summed E-state index contributed by atoms with van der Waals surface area (Å²) in [5, 5.41) is 0. The maximum atomic E-state index is 9.57. The largest absolute Gasteiger partial charge is 0.336 e. The van der Waals surface area contributed by atoms with E-state index in [0.717, 1.165) is 0 Å². The third kappa shape index (κ3) is 5.11. The van der Waals surface area contributed by atoms with E-state index in [1.165, 1.54) is 0 Å². The van der Waals surface area contributed by atoms with E-state index in [-0.39, 0.29) is 18.1 Å². The van der Waals surface area contributed by atoms with Crippen molar-refractivity contribution in [3.8, 4) is 0 Å². The second kappa shape index (κ2) is 6.93. The number of halogens is 1. The molecular formula is C7H17ClNO3P. The molecule has 0 bridgehead atoms. The fourth-order valence-electron chi connectivity index (χ4n) is 1.10. The van der Waals surface area contributed by atoms with E-state index in [1.54, 1.807) is 0 Å². The Morgan fingerprint density at radius 1 is 1.31 bits per heavy atom. The molecule has 0 saturated carbocycles. The molecule has 0 amide bonds. The van der Waals surface area contributed by atoms with Crippen molar-refractivity contribution < 1.29 is 14.5 Å². The van der Waals surface area contributed by atoms with Crippen LogP contribution in [-0.2, 0) is 9.56 Å². The molecule has 1 atom stereocenters. The second-order valence-electron chi connectivity index (χ2n) is 3.12. The number of hydrogen-bond donors (Lipinski definition) is 1. The van der Waals surface area contributed by atoms with Gasteiger partial charge >= 0.3 is 0 Å². The van der Waals surface area contributed by atoms with Crippen molar-refractivity contribution in [1.29, 1.82) is 0 Å². The van der Waals surface area contributed by atoms with E-state index in [0.29, 0.717) is 0 Å². The van der Waals surface area contributed by atoms with Crippen molar-refractivity contribution in [3.05, 3.63) is 0 Å². The predicted molar refractivity (Wildman–Crippen MR) is 54.1 cm³/mol. The zero-order valence-corrected chi connectivity index (χ0v) is 10.0. The van der Waals surface area contributed by atoms with Gasteiger partial charge in [-0.25, -0.2) is 9.56 Å². The van der Waals surface area contributed by atoms with Crippen LogP contribution >= 0.6 is 20.1 Å². The summed E-state index contributed by atoms with van der Waals surface area (Å²) in [7, 11) is -1.70. The first-order chi connectivity index (χ1) is 6.00. The normalized spacial score (nSPS) is 14.5. The molecule has 0 aliphatic rings. The second-order valence-corrected chi connectivity index (χ2v) is 4.46. The molecule has 0 rings (SSSR count). The highest BCUT2D eigenvalue weighted by Crippen LogP contribution is 2.40. The maximum absolute atomic E-state index is 9.57. The van der Waals surface area contributed by atoms with Crippen molar-refractivity contribution >= 4 is 20.1 Å². The van der Waals surface area contributed by atoms with Crippen LogP contribution in [0.1, 0.15) is 27.7 Å². The first-order valence-corrected chi connectivity index (χ1v) is 5.83. The third-order valence-corrected chi connectivity index (χ3v) is 3.07. The minimum absolute atomic E-state index is 0.0799. The van der Waals surface area contributed by atoms with Crippen LogP contribution in [0.25, 0.3) is 0 Å². The van der Waals surface area contributed by atoms with E-state index < -0.39 is 8.53 Å². The summed E-state index contributed by atoms with van der Waals surface area (Å²) in [6.07, 6.45) is 0. The molecule has 0 aromatic carbocycles. The Morgan fingerprint density at radius 2 is 1.77 bits per heavy atom. The monoisotopic (exact) mass is 229 g/mol. The molecule has 0 saturated heterocycles. The third-order valence-electron chi connectivity index (χ3n) is 1.42. The molecule has 0 aliphatic heterocycles. The lowest BCUT2D eigenvalue weighted by atomic mass is 10.3. The Bertz CT molecular complexity index is 129. The van der Waals surface area contributed by atoms with Crippen molar-refractivity contribution in [2.24, 2.45) is 0 Å². The predicted octanol–water partition coefficient (Wildman–Crippen LogP) is 2.47. The molecule has 13 heavy (non-hydrogen) atoms. The van der Waals surface area contributed by atoms with Gasteiger partial charge in [0.1, 0.15) is 0 Å². The zero-order valence-electron chi connectivity index (χ0n) is 8.40. The Hall–Kier alpha value is 0.560. The van der Waals surface area contributed by atoms with E-state index in [2.05, 4.69) is 4.89 Å². The van der Waals surface area contributed by atoms with E-state index in [4.69, 9.17) is 16.3 Å². The van der Waals surface area contributed by atoms with Crippen LogP contribution in [-0.4, -0.2) is 27.7 Å². The summed E-state index contributed by atoms with van der Waals surface area (Å²) in [6.45, 7) is 7.93. The van der Waals surface area contributed by atoms with Gasteiger partial charge in [0.2, 0.25) is 0 Å². The van der Waals surface area contributed by atoms with Crippen molar-refractivity contribution in [2.45, 2.75) is 39.8 Å². The van der Waals surface area contributed by atoms with Crippen LogP contribution in [0.4, 0.5) is 0 Å². The summed E-state index contributed by atoms with van der Waals surface area (Å²) in [5.74, 6) is 0. The molecule has 6 heteroatoms. The SMILES string of the molecule is CC(C)N(C(C)C)P(O)OOCCl. The first-order valence-electron chi connectivity index (χ1n) is 4.13. The summed E-state index contributed by atoms with van der Waals surface area (Å²) < 4.78 is 6.51. The van der Waals surface area contributed by atoms with E-state index in [1.807, 2.05) is 32.4 Å². The highest BCUT2D eigenvalue weighted by molar-refractivity contribution is 7.43. The standard InChI is InChI=1S/C7H17ClNO3P/c1-6(2)9(7(3)4)13(10)12-11-5-8/h6-7,10H,5H2,1-4H3. The van der Waals surface area contributed by atoms with Crippen molar-refractivity contribution in [2.75, 3.05) is 6.07 Å². The Kier molecular flexibility index (Phi) is 7.23. The average molecular weight is 230 g/mol. The fraction of sp³-hybridized carbons (Fsp3) is 1.00. The zero-order chi connectivity index (χ0) is 10.4. The molecule has 0 spiro atoms. The molecule has 1 N–H and O–H groups in total. The summed E-state index contributed by atoms with van der Waals surface area (Å²) in [5.41, 5.74) is 0. The number of hydrogen-bond acceptors (Lipinski definition) is 4. The Balaban J connectivity index is 4.04. The molecule has 0 fully saturated rings. The van der Waals surface area contributed by atoms with Gasteiger partial charge in [0.15, 0.2) is 6.07 Å². The minimum atomic E-state index is -1.70. The first kappa shape index (κ1) is 13.6. The molecule has 4 nitrogen and oxygen atoms in total. The lowest BCUT2D eigenvalue weighted by Gasteiger charge is -2.31. The van der Waals surface area contributed by atoms with Gasteiger partial charge in [-0.3, -0.25) is 0 Å². The molecular weight excluding hydrogens is 213 g/mol. The van der Waals surface area contributed by atoms with Crippen molar-refractivity contribution in [3.63, 3.8) is 0 Å². The van der Waals surface area contributed by atoms with Gasteiger partial charge < -0.3 is 4.89 Å². The van der Waals surface area contributed by atoms with E-state index in [9.17, 15) is 4.89 Å². The lowest BCUT2D eigenvalue weighted by Crippen LogP contribution is -2.32. The summed E-state index contributed by atoms with van der Waals surface area (Å²) >= 11 is 5.24. The molecule has 1 unspecified atom stereocenters. The highest BCUT2D eigenvalue weighted by Gasteiger charge is 2.24. The smallest absolute Gasteiger partial charge is 0.289 e. The average Bonchev–Trinajstić information content (AvgIpc) is 1.99. The van der Waals surface area contributed by atoms with Gasteiger partial charge in [-0.15, -0.1) is 0 Å². The number of rotatable bonds is 6. The summed E-state index contributed by atoms with van der Waals surface area (Å²) in [4.78, 5) is 14.0. The van der Waals surface area contributed by atoms with Gasteiger partial charge in [0.25, 0.3) is 8.53 Å². The molecule has 0 aromatic heterocycles. The van der Waals surface area contributed by atoms with Crippen LogP contribution in [0, 0.1) is 0 Å².